The van der Waals surface area contributed by atoms with Crippen molar-refractivity contribution in [1.82, 2.24) is 9.55 Å². The van der Waals surface area contributed by atoms with Crippen LogP contribution in [0.5, 0.6) is 0 Å². The number of hydrogen-bond donors (Lipinski definition) is 3. The van der Waals surface area contributed by atoms with Crippen LogP contribution in [0.1, 0.15) is 18.1 Å². The summed E-state index contributed by atoms with van der Waals surface area (Å²) in [7, 11) is 0. The molecule has 1 amide bonds. The summed E-state index contributed by atoms with van der Waals surface area (Å²) >= 11 is 0. The molecular formula is C22H22F3N5O3. The molecule has 11 heteroatoms. The molecule has 0 saturated heterocycles. The fraction of sp³-hybridized carbons (Fsp3) is 0.227. The van der Waals surface area contributed by atoms with Gasteiger partial charge in [-0.25, -0.2) is 4.79 Å². The Labute approximate surface area is 186 Å². The number of likely N-dealkylation sites (N-methyl/N-ethyl adjacent to an activating group) is 1. The summed E-state index contributed by atoms with van der Waals surface area (Å²) in [6.45, 7) is 1.57. The van der Waals surface area contributed by atoms with E-state index in [0.29, 0.717) is 0 Å². The van der Waals surface area contributed by atoms with Crippen molar-refractivity contribution in [2.75, 3.05) is 29.0 Å². The minimum absolute atomic E-state index is 0.0400. The molecule has 0 aliphatic carbocycles. The van der Waals surface area contributed by atoms with Crippen molar-refractivity contribution < 1.29 is 18.0 Å². The van der Waals surface area contributed by atoms with E-state index in [0.717, 1.165) is 17.7 Å². The van der Waals surface area contributed by atoms with Crippen molar-refractivity contribution in [2.24, 2.45) is 0 Å². The lowest BCUT2D eigenvalue weighted by atomic mass is 10.2. The average Bonchev–Trinajstić information content (AvgIpc) is 2.76. The maximum atomic E-state index is 12.9. The van der Waals surface area contributed by atoms with Gasteiger partial charge in [0.05, 0.1) is 18.7 Å². The van der Waals surface area contributed by atoms with Crippen molar-refractivity contribution in [3.05, 3.63) is 86.6 Å². The Balaban J connectivity index is 1.86. The molecule has 0 radical (unpaired) electrons. The predicted octanol–water partition coefficient (Wildman–Crippen LogP) is 2.65. The number of anilines is 3. The van der Waals surface area contributed by atoms with Gasteiger partial charge in [-0.2, -0.15) is 13.2 Å². The van der Waals surface area contributed by atoms with Gasteiger partial charge in [-0.05, 0) is 30.7 Å². The Morgan fingerprint density at radius 3 is 2.45 bits per heavy atom. The molecule has 8 nitrogen and oxygen atoms in total. The van der Waals surface area contributed by atoms with E-state index < -0.39 is 28.9 Å². The summed E-state index contributed by atoms with van der Waals surface area (Å²) in [6, 6.07) is 13.2. The molecule has 33 heavy (non-hydrogen) atoms. The highest BCUT2D eigenvalue weighted by atomic mass is 19.4. The first-order valence-corrected chi connectivity index (χ1v) is 9.98. The first kappa shape index (κ1) is 23.6. The molecule has 0 saturated carbocycles. The normalized spacial score (nSPS) is 11.3. The minimum atomic E-state index is -4.55. The second-order valence-corrected chi connectivity index (χ2v) is 7.21. The number of amides is 1. The lowest BCUT2D eigenvalue weighted by Crippen LogP contribution is -2.41. The lowest BCUT2D eigenvalue weighted by Gasteiger charge is -2.24. The standard InChI is InChI=1S/C22H22F3N5O3/c1-2-29(13-17(31)27-16-10-6-9-15(11-16)22(23,24)25)18-19(26)30(21(33)28-20(18)32)12-14-7-4-3-5-8-14/h3-11H,2,12-13,26H2,1H3,(H,27,31)(H,28,32,33). The number of carbonyl (C=O) groups is 1. The number of nitrogens with zero attached hydrogens (tertiary/aromatic N) is 2. The SMILES string of the molecule is CCN(CC(=O)Nc1cccc(C(F)(F)F)c1)c1c(N)n(Cc2ccccc2)c(=O)[nH]c1=O. The number of nitrogens with two attached hydrogens (primary N) is 1. The van der Waals surface area contributed by atoms with Crippen LogP contribution in [0.15, 0.2) is 64.2 Å². The van der Waals surface area contributed by atoms with E-state index in [1.165, 1.54) is 21.6 Å². The van der Waals surface area contributed by atoms with Gasteiger partial charge in [0.25, 0.3) is 5.56 Å². The zero-order valence-corrected chi connectivity index (χ0v) is 17.6. The third-order valence-electron chi connectivity index (χ3n) is 4.90. The predicted molar refractivity (Wildman–Crippen MR) is 119 cm³/mol. The maximum absolute atomic E-state index is 12.9. The fourth-order valence-electron chi connectivity index (χ4n) is 3.30. The van der Waals surface area contributed by atoms with Crippen LogP contribution < -0.4 is 27.2 Å². The Morgan fingerprint density at radius 2 is 1.82 bits per heavy atom. The highest BCUT2D eigenvalue weighted by molar-refractivity contribution is 5.94. The number of hydrogen-bond acceptors (Lipinski definition) is 5. The quantitative estimate of drug-likeness (QED) is 0.501. The van der Waals surface area contributed by atoms with Crippen LogP contribution in [0, 0.1) is 0 Å². The topological polar surface area (TPSA) is 113 Å². The molecule has 0 aliphatic heterocycles. The Morgan fingerprint density at radius 1 is 1.12 bits per heavy atom. The van der Waals surface area contributed by atoms with E-state index in [2.05, 4.69) is 10.3 Å². The lowest BCUT2D eigenvalue weighted by molar-refractivity contribution is -0.137. The van der Waals surface area contributed by atoms with Crippen LogP contribution >= 0.6 is 0 Å². The fourth-order valence-corrected chi connectivity index (χ4v) is 3.30. The molecule has 3 aromatic rings. The van der Waals surface area contributed by atoms with Gasteiger partial charge < -0.3 is 16.0 Å². The molecule has 0 spiro atoms. The number of halogens is 3. The Bertz CT molecular complexity index is 1250. The van der Waals surface area contributed by atoms with Gasteiger partial charge >= 0.3 is 11.9 Å². The van der Waals surface area contributed by atoms with E-state index in [1.807, 2.05) is 6.07 Å². The van der Waals surface area contributed by atoms with Gasteiger partial charge in [-0.1, -0.05) is 36.4 Å². The number of alkyl halides is 3. The molecule has 0 fully saturated rings. The van der Waals surface area contributed by atoms with Gasteiger partial charge in [-0.15, -0.1) is 0 Å². The average molecular weight is 461 g/mol. The number of H-pyrrole nitrogens is 1. The molecular weight excluding hydrogens is 439 g/mol. The van der Waals surface area contributed by atoms with Crippen LogP contribution in [-0.2, 0) is 17.5 Å². The smallest absolute Gasteiger partial charge is 0.383 e. The number of rotatable bonds is 7. The van der Waals surface area contributed by atoms with Crippen molar-refractivity contribution in [3.8, 4) is 0 Å². The molecule has 0 unspecified atom stereocenters. The highest BCUT2D eigenvalue weighted by Crippen LogP contribution is 2.30. The second kappa shape index (κ2) is 9.63. The molecule has 0 atom stereocenters. The zero-order valence-electron chi connectivity index (χ0n) is 17.6. The first-order chi connectivity index (χ1) is 15.6. The van der Waals surface area contributed by atoms with Gasteiger partial charge in [0.2, 0.25) is 5.91 Å². The van der Waals surface area contributed by atoms with E-state index >= 15 is 0 Å². The van der Waals surface area contributed by atoms with Crippen molar-refractivity contribution in [2.45, 2.75) is 19.6 Å². The van der Waals surface area contributed by atoms with E-state index in [4.69, 9.17) is 5.73 Å². The molecule has 1 aromatic heterocycles. The van der Waals surface area contributed by atoms with Crippen molar-refractivity contribution in [3.63, 3.8) is 0 Å². The van der Waals surface area contributed by atoms with E-state index in [1.54, 1.807) is 31.2 Å². The molecule has 1 heterocycles. The number of aromatic amines is 1. The summed E-state index contributed by atoms with van der Waals surface area (Å²) < 4.78 is 39.9. The summed E-state index contributed by atoms with van der Waals surface area (Å²) in [4.78, 5) is 40.9. The number of aromatic nitrogens is 2. The van der Waals surface area contributed by atoms with Gasteiger partial charge in [0.1, 0.15) is 11.5 Å². The minimum Gasteiger partial charge on any atom is -0.383 e. The van der Waals surface area contributed by atoms with Crippen molar-refractivity contribution >= 4 is 23.1 Å². The summed E-state index contributed by atoms with van der Waals surface area (Å²) in [5.41, 5.74) is 4.44. The largest absolute Gasteiger partial charge is 0.416 e. The Kier molecular flexibility index (Phi) is 6.90. The monoisotopic (exact) mass is 461 g/mol. The highest BCUT2D eigenvalue weighted by Gasteiger charge is 2.30. The van der Waals surface area contributed by atoms with Crippen LogP contribution in [0.3, 0.4) is 0 Å². The molecule has 0 bridgehead atoms. The van der Waals surface area contributed by atoms with Crippen LogP contribution in [0.4, 0.5) is 30.4 Å². The summed E-state index contributed by atoms with van der Waals surface area (Å²) in [5, 5.41) is 2.39. The third-order valence-corrected chi connectivity index (χ3v) is 4.90. The molecule has 4 N–H and O–H groups in total. The number of nitrogen functional groups attached to an aromatic ring is 1. The van der Waals surface area contributed by atoms with E-state index in [-0.39, 0.29) is 36.8 Å². The zero-order chi connectivity index (χ0) is 24.2. The third kappa shape index (κ3) is 5.62. The van der Waals surface area contributed by atoms with Crippen molar-refractivity contribution in [1.29, 1.82) is 0 Å². The molecule has 0 aliphatic rings. The second-order valence-electron chi connectivity index (χ2n) is 7.21. The van der Waals surface area contributed by atoms with Gasteiger partial charge in [0, 0.05) is 12.2 Å². The molecule has 2 aromatic carbocycles. The number of benzene rings is 2. The number of carbonyl (C=O) groups excluding carboxylic acids is 1. The summed E-state index contributed by atoms with van der Waals surface area (Å²) in [5.74, 6) is -0.780. The molecule has 3 rings (SSSR count). The Hall–Kier alpha value is -4.02. The van der Waals surface area contributed by atoms with Crippen LogP contribution in [-0.4, -0.2) is 28.5 Å². The van der Waals surface area contributed by atoms with Gasteiger partial charge in [0.15, 0.2) is 0 Å². The van der Waals surface area contributed by atoms with E-state index in [9.17, 15) is 27.6 Å². The van der Waals surface area contributed by atoms with Crippen LogP contribution in [0.25, 0.3) is 0 Å². The number of nitrogens with one attached hydrogen (secondary N) is 2. The molecule has 174 valence electrons. The summed E-state index contributed by atoms with van der Waals surface area (Å²) in [6.07, 6.45) is -4.55. The first-order valence-electron chi connectivity index (χ1n) is 9.98. The maximum Gasteiger partial charge on any atom is 0.416 e. The van der Waals surface area contributed by atoms with Gasteiger partial charge in [-0.3, -0.25) is 19.1 Å². The van der Waals surface area contributed by atoms with Crippen LogP contribution in [0.2, 0.25) is 0 Å².